The molecular formula is C48H43NS. The van der Waals surface area contributed by atoms with E-state index >= 15 is 0 Å². The summed E-state index contributed by atoms with van der Waals surface area (Å²) in [6.07, 6.45) is 37.9. The Morgan fingerprint density at radius 2 is 1.38 bits per heavy atom. The highest BCUT2D eigenvalue weighted by Crippen LogP contribution is 2.37. The second-order valence-electron chi connectivity index (χ2n) is 14.2. The molecular weight excluding hydrogens is 623 g/mol. The van der Waals surface area contributed by atoms with Gasteiger partial charge in [0.1, 0.15) is 0 Å². The van der Waals surface area contributed by atoms with E-state index in [1.165, 1.54) is 59.0 Å². The number of hydrogen-bond acceptors (Lipinski definition) is 2. The quantitative estimate of drug-likeness (QED) is 0.190. The van der Waals surface area contributed by atoms with Crippen molar-refractivity contribution < 1.29 is 0 Å². The van der Waals surface area contributed by atoms with Crippen molar-refractivity contribution in [3.63, 3.8) is 0 Å². The van der Waals surface area contributed by atoms with Crippen LogP contribution >= 0.6 is 11.3 Å². The van der Waals surface area contributed by atoms with Gasteiger partial charge in [-0.05, 0) is 95.4 Å². The Hall–Kier alpha value is -4.92. The van der Waals surface area contributed by atoms with Crippen LogP contribution in [0.15, 0.2) is 180 Å². The highest BCUT2D eigenvalue weighted by Gasteiger charge is 2.28. The molecule has 0 radical (unpaired) electrons. The highest BCUT2D eigenvalue weighted by molar-refractivity contribution is 7.17. The van der Waals surface area contributed by atoms with E-state index in [0.717, 1.165) is 38.5 Å². The summed E-state index contributed by atoms with van der Waals surface area (Å²) in [6, 6.07) is 31.7. The molecule has 4 atom stereocenters. The van der Waals surface area contributed by atoms with E-state index < -0.39 is 0 Å². The van der Waals surface area contributed by atoms with E-state index in [1.54, 1.807) is 0 Å². The number of fused-ring (bicyclic) bond motifs is 3. The van der Waals surface area contributed by atoms with Crippen LogP contribution in [-0.4, -0.2) is 12.1 Å². The Balaban J connectivity index is 0.922. The molecule has 9 rings (SSSR count). The Labute approximate surface area is 300 Å². The lowest BCUT2D eigenvalue weighted by molar-refractivity contribution is 0.607. The largest absolute Gasteiger partial charge is 0.358 e. The fraction of sp³-hybridized carbons (Fsp3) is 0.208. The molecule has 0 aliphatic heterocycles. The third-order valence-electron chi connectivity index (χ3n) is 11.1. The molecule has 0 amide bonds. The predicted octanol–water partition coefficient (Wildman–Crippen LogP) is 10.7. The molecule has 0 saturated heterocycles. The molecule has 1 heterocycles. The molecule has 50 heavy (non-hydrogen) atoms. The van der Waals surface area contributed by atoms with Crippen LogP contribution in [0.5, 0.6) is 0 Å². The number of allylic oxidation sites excluding steroid dienone is 12. The SMILES string of the molecule is C1=CCCC(C2=CCC(N(c3ccccc3)C3C=CC(C4C=CC(C5C=c6c(sc7ccccc67)=C(c6ccccc6)C5)=CC4)=CC3)C=C2)=C1. The molecule has 0 saturated carbocycles. The zero-order chi connectivity index (χ0) is 33.3. The van der Waals surface area contributed by atoms with Crippen LogP contribution in [0.4, 0.5) is 5.69 Å². The van der Waals surface area contributed by atoms with Crippen LogP contribution in [0.25, 0.3) is 21.7 Å². The van der Waals surface area contributed by atoms with Gasteiger partial charge in [-0.1, -0.05) is 146 Å². The Morgan fingerprint density at radius 3 is 2.10 bits per heavy atom. The van der Waals surface area contributed by atoms with Gasteiger partial charge in [0.2, 0.25) is 0 Å². The molecule has 1 aromatic heterocycles. The van der Waals surface area contributed by atoms with Gasteiger partial charge in [-0.15, -0.1) is 11.3 Å². The molecule has 4 unspecified atom stereocenters. The summed E-state index contributed by atoms with van der Waals surface area (Å²) < 4.78 is 2.83. The number of para-hydroxylation sites is 1. The molecule has 5 aliphatic rings. The molecule has 5 aliphatic carbocycles. The number of benzene rings is 3. The topological polar surface area (TPSA) is 3.24 Å². The average molecular weight is 666 g/mol. The van der Waals surface area contributed by atoms with Gasteiger partial charge in [-0.25, -0.2) is 0 Å². The third-order valence-corrected chi connectivity index (χ3v) is 12.4. The molecule has 0 spiro atoms. The van der Waals surface area contributed by atoms with E-state index in [-0.39, 0.29) is 0 Å². The summed E-state index contributed by atoms with van der Waals surface area (Å²) in [6.45, 7) is 0. The zero-order valence-electron chi connectivity index (χ0n) is 28.5. The van der Waals surface area contributed by atoms with E-state index in [4.69, 9.17) is 0 Å². The maximum atomic E-state index is 2.64. The summed E-state index contributed by atoms with van der Waals surface area (Å²) in [5.41, 5.74) is 9.92. The first kappa shape index (κ1) is 31.1. The lowest BCUT2D eigenvalue weighted by atomic mass is 9.80. The first-order valence-corrected chi connectivity index (χ1v) is 19.2. The van der Waals surface area contributed by atoms with Crippen LogP contribution in [0, 0.1) is 11.8 Å². The first-order valence-electron chi connectivity index (χ1n) is 18.4. The van der Waals surface area contributed by atoms with Crippen LogP contribution < -0.4 is 14.7 Å². The van der Waals surface area contributed by atoms with Crippen molar-refractivity contribution in [2.24, 2.45) is 11.8 Å². The minimum Gasteiger partial charge on any atom is -0.358 e. The van der Waals surface area contributed by atoms with E-state index in [1.807, 2.05) is 11.3 Å². The van der Waals surface area contributed by atoms with Crippen molar-refractivity contribution in [1.29, 1.82) is 0 Å². The Morgan fingerprint density at radius 1 is 0.660 bits per heavy atom. The fourth-order valence-corrected chi connectivity index (χ4v) is 9.79. The normalized spacial score (nSPS) is 24.2. The maximum Gasteiger partial charge on any atom is 0.0517 e. The lowest BCUT2D eigenvalue weighted by Crippen LogP contribution is -2.42. The number of anilines is 1. The van der Waals surface area contributed by atoms with E-state index in [2.05, 4.69) is 169 Å². The van der Waals surface area contributed by atoms with Gasteiger partial charge < -0.3 is 4.90 Å². The van der Waals surface area contributed by atoms with Gasteiger partial charge >= 0.3 is 0 Å². The Bertz CT molecular complexity index is 2290. The monoisotopic (exact) mass is 665 g/mol. The molecule has 1 nitrogen and oxygen atoms in total. The summed E-state index contributed by atoms with van der Waals surface area (Å²) in [4.78, 5) is 2.64. The first-order chi connectivity index (χ1) is 24.8. The summed E-state index contributed by atoms with van der Waals surface area (Å²) >= 11 is 1.95. The van der Waals surface area contributed by atoms with Crippen molar-refractivity contribution in [2.75, 3.05) is 4.90 Å². The second kappa shape index (κ2) is 13.8. The van der Waals surface area contributed by atoms with Crippen LogP contribution in [0.2, 0.25) is 0 Å². The van der Waals surface area contributed by atoms with Crippen LogP contribution in [-0.2, 0) is 0 Å². The number of rotatable bonds is 7. The van der Waals surface area contributed by atoms with Crippen LogP contribution in [0.1, 0.15) is 44.1 Å². The van der Waals surface area contributed by atoms with E-state index in [0.29, 0.717) is 23.9 Å². The van der Waals surface area contributed by atoms with Crippen molar-refractivity contribution in [2.45, 2.75) is 50.6 Å². The van der Waals surface area contributed by atoms with Crippen molar-refractivity contribution in [1.82, 2.24) is 0 Å². The molecule has 2 heteroatoms. The van der Waals surface area contributed by atoms with Gasteiger partial charge in [-0.3, -0.25) is 0 Å². The second-order valence-corrected chi connectivity index (χ2v) is 15.2. The summed E-state index contributed by atoms with van der Waals surface area (Å²) in [5.74, 6) is 0.814. The van der Waals surface area contributed by atoms with Gasteiger partial charge in [0, 0.05) is 32.1 Å². The zero-order valence-corrected chi connectivity index (χ0v) is 29.3. The van der Waals surface area contributed by atoms with Gasteiger partial charge in [0.05, 0.1) is 12.1 Å². The molecule has 0 bridgehead atoms. The average Bonchev–Trinajstić information content (AvgIpc) is 3.58. The summed E-state index contributed by atoms with van der Waals surface area (Å²) in [5, 5.41) is 2.81. The molecule has 246 valence electrons. The van der Waals surface area contributed by atoms with E-state index in [9.17, 15) is 0 Å². The number of hydrogen-bond donors (Lipinski definition) is 0. The van der Waals surface area contributed by atoms with Gasteiger partial charge in [0.25, 0.3) is 0 Å². The standard InChI is InChI=1S/C48H43NS/c1-4-12-34(13-5-1)36-24-28-42(29-25-36)49(41-16-8-3-9-17-41)43-30-26-37(27-31-43)35-20-22-38(23-21-35)40-32-45(39-14-6-2-7-15-39)48-46(33-40)44-18-10-11-19-47(44)50-48/h1-4,6-12,14-20,22-28,30,33,35,40,42-43H,5,13,21,29,31-32H2. The third kappa shape index (κ3) is 6.07. The van der Waals surface area contributed by atoms with Crippen molar-refractivity contribution >= 4 is 38.8 Å². The predicted molar refractivity (Wildman–Crippen MR) is 215 cm³/mol. The smallest absolute Gasteiger partial charge is 0.0517 e. The fourth-order valence-electron chi connectivity index (χ4n) is 8.52. The van der Waals surface area contributed by atoms with Crippen molar-refractivity contribution in [3.05, 3.63) is 195 Å². The van der Waals surface area contributed by atoms with Gasteiger partial charge in [-0.2, -0.15) is 0 Å². The minimum atomic E-state index is 0.333. The van der Waals surface area contributed by atoms with Gasteiger partial charge in [0.15, 0.2) is 0 Å². The molecule has 0 N–H and O–H groups in total. The number of nitrogens with zero attached hydrogens (tertiary/aromatic N) is 1. The Kier molecular flexibility index (Phi) is 8.56. The highest BCUT2D eigenvalue weighted by atomic mass is 32.1. The lowest BCUT2D eigenvalue weighted by Gasteiger charge is -2.39. The summed E-state index contributed by atoms with van der Waals surface area (Å²) in [7, 11) is 0. The van der Waals surface area contributed by atoms with Crippen LogP contribution in [0.3, 0.4) is 0 Å². The molecule has 0 fully saturated rings. The molecule has 4 aromatic rings. The van der Waals surface area contributed by atoms with Crippen molar-refractivity contribution in [3.8, 4) is 0 Å². The maximum absolute atomic E-state index is 2.64. The number of thiophene rings is 1. The molecule has 3 aromatic carbocycles. The minimum absolute atomic E-state index is 0.333.